The second kappa shape index (κ2) is 13.2. The van der Waals surface area contributed by atoms with Gasteiger partial charge in [-0.15, -0.1) is 11.3 Å². The number of benzene rings is 2. The van der Waals surface area contributed by atoms with Crippen LogP contribution < -0.4 is 5.32 Å². The number of rotatable bonds is 10. The Morgan fingerprint density at radius 3 is 2.42 bits per heavy atom. The van der Waals surface area contributed by atoms with Crippen molar-refractivity contribution in [3.05, 3.63) is 82.1 Å². The third-order valence-corrected chi connectivity index (χ3v) is 8.16. The average Bonchev–Trinajstić information content (AvgIpc) is 3.73. The minimum atomic E-state index is -1.68. The first kappa shape index (κ1) is 29.9. The van der Waals surface area contributed by atoms with Crippen LogP contribution in [0.15, 0.2) is 60.0 Å². The highest BCUT2D eigenvalue weighted by atomic mass is 32.1. The topological polar surface area (TPSA) is 133 Å². The fourth-order valence-corrected chi connectivity index (χ4v) is 6.12. The van der Waals surface area contributed by atoms with Gasteiger partial charge in [0.25, 0.3) is 11.8 Å². The van der Waals surface area contributed by atoms with Gasteiger partial charge in [-0.1, -0.05) is 42.5 Å². The van der Waals surface area contributed by atoms with Crippen molar-refractivity contribution < 1.29 is 28.7 Å². The van der Waals surface area contributed by atoms with Gasteiger partial charge in [0, 0.05) is 25.8 Å². The van der Waals surface area contributed by atoms with E-state index in [9.17, 15) is 19.2 Å². The van der Waals surface area contributed by atoms with Crippen molar-refractivity contribution in [2.45, 2.75) is 65.0 Å². The normalized spacial score (nSPS) is 16.1. The predicted molar refractivity (Wildman–Crippen MR) is 159 cm³/mol. The smallest absolute Gasteiger partial charge is 0.303 e. The van der Waals surface area contributed by atoms with Gasteiger partial charge >= 0.3 is 11.9 Å². The molecule has 0 radical (unpaired) electrons. The second-order valence-electron chi connectivity index (χ2n) is 10.3. The molecule has 1 saturated heterocycles. The maximum absolute atomic E-state index is 13.8. The third-order valence-electron chi connectivity index (χ3n) is 7.26. The number of likely N-dealkylation sites (tertiary alicyclic amines) is 1. The van der Waals surface area contributed by atoms with E-state index in [-0.39, 0.29) is 12.6 Å². The Morgan fingerprint density at radius 1 is 0.977 bits per heavy atom. The predicted octanol–water partition coefficient (Wildman–Crippen LogP) is 3.69. The number of hydrogen-bond donors (Lipinski definition) is 1. The van der Waals surface area contributed by atoms with E-state index < -0.39 is 36.0 Å². The Morgan fingerprint density at radius 2 is 1.67 bits per heavy atom. The van der Waals surface area contributed by atoms with Gasteiger partial charge in [-0.05, 0) is 37.5 Å². The summed E-state index contributed by atoms with van der Waals surface area (Å²) in [6.45, 7) is 5.17. The summed E-state index contributed by atoms with van der Waals surface area (Å²) in [5.74, 6) is -2.06. The van der Waals surface area contributed by atoms with Gasteiger partial charge in [0.2, 0.25) is 12.2 Å². The number of carbonyl (C=O) groups excluding carboxylic acids is 4. The molecule has 2 aromatic carbocycles. The zero-order valence-electron chi connectivity index (χ0n) is 24.2. The van der Waals surface area contributed by atoms with E-state index in [4.69, 9.17) is 9.47 Å². The molecular formula is C31H33N5O6S. The van der Waals surface area contributed by atoms with Crippen molar-refractivity contribution in [1.82, 2.24) is 24.8 Å². The number of ether oxygens (including phenoxy) is 2. The first-order valence-corrected chi connectivity index (χ1v) is 14.9. The highest BCUT2D eigenvalue weighted by Crippen LogP contribution is 2.33. The number of carbonyl (C=O) groups is 4. The van der Waals surface area contributed by atoms with Crippen LogP contribution in [0, 0.1) is 6.92 Å². The first-order chi connectivity index (χ1) is 20.7. The van der Waals surface area contributed by atoms with Crippen LogP contribution in [0.4, 0.5) is 0 Å². The summed E-state index contributed by atoms with van der Waals surface area (Å²) >= 11 is 1.37. The maximum atomic E-state index is 13.8. The van der Waals surface area contributed by atoms with Crippen LogP contribution in [0.1, 0.15) is 54.8 Å². The lowest BCUT2D eigenvalue weighted by molar-refractivity contribution is -0.178. The zero-order valence-corrected chi connectivity index (χ0v) is 25.0. The summed E-state index contributed by atoms with van der Waals surface area (Å²) in [6, 6.07) is 17.1. The van der Waals surface area contributed by atoms with Gasteiger partial charge in [-0.3, -0.25) is 19.2 Å². The summed E-state index contributed by atoms with van der Waals surface area (Å²) in [5, 5.41) is 5.23. The Kier molecular flexibility index (Phi) is 9.15. The molecule has 5 rings (SSSR count). The van der Waals surface area contributed by atoms with Crippen LogP contribution in [0.25, 0.3) is 11.0 Å². The molecule has 0 aliphatic carbocycles. The van der Waals surface area contributed by atoms with Crippen molar-refractivity contribution in [1.29, 1.82) is 0 Å². The molecule has 0 saturated carbocycles. The molecule has 3 heterocycles. The Hall–Kier alpha value is -4.58. The monoisotopic (exact) mass is 603 g/mol. The number of thiazole rings is 1. The number of esters is 2. The van der Waals surface area contributed by atoms with E-state index in [1.54, 1.807) is 4.90 Å². The fourth-order valence-electron chi connectivity index (χ4n) is 5.39. The SMILES string of the molecule is CC(=O)O[C@@H](C(=O)NCc1nc(Cn2c(C)nc3ccccc32)cs1)[C@@H](OC(C)=O)C(=O)N1CCCC1c1ccccc1. The van der Waals surface area contributed by atoms with Crippen LogP contribution in [0.2, 0.25) is 0 Å². The van der Waals surface area contributed by atoms with Crippen molar-refractivity contribution in [2.24, 2.45) is 0 Å². The molecule has 1 aliphatic rings. The number of imidazole rings is 1. The summed E-state index contributed by atoms with van der Waals surface area (Å²) in [5.41, 5.74) is 3.63. The molecule has 1 aliphatic heterocycles. The van der Waals surface area contributed by atoms with Gasteiger partial charge in [0.05, 0.1) is 35.9 Å². The highest BCUT2D eigenvalue weighted by molar-refractivity contribution is 7.09. The molecule has 3 atom stereocenters. The number of para-hydroxylation sites is 2. The number of amides is 2. The quantitative estimate of drug-likeness (QED) is 0.272. The Labute approximate surface area is 252 Å². The summed E-state index contributed by atoms with van der Waals surface area (Å²) in [7, 11) is 0. The maximum Gasteiger partial charge on any atom is 0.303 e. The molecule has 43 heavy (non-hydrogen) atoms. The van der Waals surface area contributed by atoms with Crippen LogP contribution in [-0.2, 0) is 41.7 Å². The van der Waals surface area contributed by atoms with Crippen molar-refractivity contribution in [2.75, 3.05) is 6.54 Å². The summed E-state index contributed by atoms with van der Waals surface area (Å²) in [6.07, 6.45) is -1.86. The minimum absolute atomic E-state index is 0.0300. The number of aryl methyl sites for hydroxylation is 1. The van der Waals surface area contributed by atoms with Crippen LogP contribution in [0.3, 0.4) is 0 Å². The lowest BCUT2D eigenvalue weighted by Gasteiger charge is -2.31. The van der Waals surface area contributed by atoms with E-state index in [0.29, 0.717) is 24.5 Å². The standard InChI is InChI=1S/C31H33N5O6S/c1-19-33-24-12-7-8-13-26(24)36(19)17-23-18-43-27(34-23)16-32-30(39)28(41-20(2)37)29(42-21(3)38)31(40)35-15-9-14-25(35)22-10-5-4-6-11-22/h4-8,10-13,18,25,28-29H,9,14-17H2,1-3H3,(H,32,39)/t25?,28-,29-/m1/s1. The van der Waals surface area contributed by atoms with E-state index in [0.717, 1.165) is 48.4 Å². The van der Waals surface area contributed by atoms with E-state index in [1.165, 1.54) is 11.3 Å². The Balaban J connectivity index is 1.30. The average molecular weight is 604 g/mol. The minimum Gasteiger partial charge on any atom is -0.448 e. The van der Waals surface area contributed by atoms with Crippen molar-refractivity contribution in [3.8, 4) is 0 Å². The van der Waals surface area contributed by atoms with Gasteiger partial charge in [-0.25, -0.2) is 9.97 Å². The molecule has 11 nitrogen and oxygen atoms in total. The van der Waals surface area contributed by atoms with Crippen LogP contribution in [-0.4, -0.2) is 61.9 Å². The molecule has 224 valence electrons. The first-order valence-electron chi connectivity index (χ1n) is 14.0. The number of hydrogen-bond acceptors (Lipinski definition) is 9. The molecule has 0 bridgehead atoms. The Bertz CT molecular complexity index is 1630. The molecule has 2 amide bonds. The summed E-state index contributed by atoms with van der Waals surface area (Å²) < 4.78 is 12.7. The number of nitrogens with zero attached hydrogens (tertiary/aromatic N) is 4. The van der Waals surface area contributed by atoms with E-state index in [2.05, 4.69) is 19.9 Å². The van der Waals surface area contributed by atoms with Gasteiger partial charge in [-0.2, -0.15) is 0 Å². The lowest BCUT2D eigenvalue weighted by Crippen LogP contribution is -2.53. The molecule has 1 fully saturated rings. The third kappa shape index (κ3) is 6.91. The summed E-state index contributed by atoms with van der Waals surface area (Å²) in [4.78, 5) is 62.2. The number of fused-ring (bicyclic) bond motifs is 1. The van der Waals surface area contributed by atoms with Crippen molar-refractivity contribution in [3.63, 3.8) is 0 Å². The van der Waals surface area contributed by atoms with Crippen molar-refractivity contribution >= 4 is 46.1 Å². The molecule has 0 spiro atoms. The lowest BCUT2D eigenvalue weighted by atomic mass is 10.0. The molecule has 4 aromatic rings. The van der Waals surface area contributed by atoms with Gasteiger partial charge in [0.15, 0.2) is 0 Å². The zero-order chi connectivity index (χ0) is 30.5. The van der Waals surface area contributed by atoms with Crippen LogP contribution in [0.5, 0.6) is 0 Å². The molecule has 12 heteroatoms. The van der Waals surface area contributed by atoms with E-state index in [1.807, 2.05) is 66.9 Å². The second-order valence-corrected chi connectivity index (χ2v) is 11.3. The van der Waals surface area contributed by atoms with Gasteiger partial charge < -0.3 is 24.3 Å². The van der Waals surface area contributed by atoms with Crippen LogP contribution >= 0.6 is 11.3 Å². The van der Waals surface area contributed by atoms with Gasteiger partial charge in [0.1, 0.15) is 10.8 Å². The molecule has 2 aromatic heterocycles. The van der Waals surface area contributed by atoms with E-state index >= 15 is 0 Å². The molecule has 1 unspecified atom stereocenters. The number of nitrogens with one attached hydrogen (secondary N) is 1. The fraction of sp³-hybridized carbons (Fsp3) is 0.355. The highest BCUT2D eigenvalue weighted by Gasteiger charge is 2.44. The molecular weight excluding hydrogens is 570 g/mol. The molecule has 1 N–H and O–H groups in total. The largest absolute Gasteiger partial charge is 0.448 e. The number of aromatic nitrogens is 3.